The lowest BCUT2D eigenvalue weighted by atomic mass is 10.1. The summed E-state index contributed by atoms with van der Waals surface area (Å²) in [7, 11) is 0. The van der Waals surface area contributed by atoms with E-state index in [1.165, 1.54) is 18.3 Å². The number of hydrogen-bond acceptors (Lipinski definition) is 4. The molecule has 5 nitrogen and oxygen atoms in total. The number of nitrogens with one attached hydrogen (secondary N) is 2. The van der Waals surface area contributed by atoms with E-state index in [1.54, 1.807) is 19.1 Å². The van der Waals surface area contributed by atoms with Crippen LogP contribution in [-0.4, -0.2) is 42.0 Å². The lowest BCUT2D eigenvalue weighted by Crippen LogP contribution is -2.47. The fourth-order valence-corrected chi connectivity index (χ4v) is 2.46. The summed E-state index contributed by atoms with van der Waals surface area (Å²) in [5, 5.41) is 15.7. The number of anilines is 1. The van der Waals surface area contributed by atoms with Crippen LogP contribution in [-0.2, 0) is 5.92 Å². The van der Waals surface area contributed by atoms with E-state index in [4.69, 9.17) is 0 Å². The van der Waals surface area contributed by atoms with Gasteiger partial charge in [-0.1, -0.05) is 18.7 Å². The van der Waals surface area contributed by atoms with Crippen molar-refractivity contribution in [2.75, 3.05) is 31.5 Å². The van der Waals surface area contributed by atoms with E-state index in [2.05, 4.69) is 27.1 Å². The molecule has 0 bridgehead atoms. The van der Waals surface area contributed by atoms with E-state index in [1.807, 2.05) is 0 Å². The highest BCUT2D eigenvalue weighted by Crippen LogP contribution is 2.28. The molecule has 1 aliphatic rings. The quantitative estimate of drug-likeness (QED) is 0.432. The highest BCUT2D eigenvalue weighted by Gasteiger charge is 2.24. The fraction of sp³-hybridized carbons (Fsp3) is 0.389. The summed E-state index contributed by atoms with van der Waals surface area (Å²) in [6.45, 7) is 9.60. The van der Waals surface area contributed by atoms with Gasteiger partial charge in [0.1, 0.15) is 5.76 Å². The Morgan fingerprint density at radius 1 is 1.32 bits per heavy atom. The van der Waals surface area contributed by atoms with Crippen LogP contribution in [0.1, 0.15) is 19.4 Å². The molecule has 0 spiro atoms. The number of halogens is 2. The van der Waals surface area contributed by atoms with Crippen molar-refractivity contribution >= 4 is 11.5 Å². The monoisotopic (exact) mass is 350 g/mol. The van der Waals surface area contributed by atoms with Crippen molar-refractivity contribution in [2.45, 2.75) is 19.8 Å². The minimum Gasteiger partial charge on any atom is -0.511 e. The smallest absolute Gasteiger partial charge is 0.270 e. The van der Waals surface area contributed by atoms with Crippen LogP contribution in [0.15, 0.2) is 53.5 Å². The summed E-state index contributed by atoms with van der Waals surface area (Å²) in [5.41, 5.74) is 1.14. The number of aliphatic hydroxyl groups excluding tert-OH is 1. The van der Waals surface area contributed by atoms with Gasteiger partial charge in [0.05, 0.1) is 11.9 Å². The molecule has 1 fully saturated rings. The zero-order valence-corrected chi connectivity index (χ0v) is 14.5. The summed E-state index contributed by atoms with van der Waals surface area (Å²) in [5.74, 6) is -2.17. The number of aliphatic imine (C=N–C) groups is 1. The van der Waals surface area contributed by atoms with Crippen molar-refractivity contribution in [3.63, 3.8) is 0 Å². The summed E-state index contributed by atoms with van der Waals surface area (Å²) in [6.07, 6.45) is 1.37. The van der Waals surface area contributed by atoms with Crippen molar-refractivity contribution in [1.82, 2.24) is 10.2 Å². The highest BCUT2D eigenvalue weighted by molar-refractivity contribution is 6.00. The van der Waals surface area contributed by atoms with Gasteiger partial charge in [0.2, 0.25) is 0 Å². The number of benzene rings is 1. The fourth-order valence-electron chi connectivity index (χ4n) is 2.46. The third kappa shape index (κ3) is 5.56. The molecule has 25 heavy (non-hydrogen) atoms. The van der Waals surface area contributed by atoms with E-state index in [-0.39, 0.29) is 11.3 Å². The van der Waals surface area contributed by atoms with Gasteiger partial charge in [-0.2, -0.15) is 0 Å². The van der Waals surface area contributed by atoms with Gasteiger partial charge in [-0.25, -0.2) is 13.8 Å². The van der Waals surface area contributed by atoms with Crippen molar-refractivity contribution in [3.05, 3.63) is 54.1 Å². The molecule has 136 valence electrons. The van der Waals surface area contributed by atoms with Crippen LogP contribution in [0.5, 0.6) is 0 Å². The van der Waals surface area contributed by atoms with Crippen molar-refractivity contribution < 1.29 is 13.9 Å². The topological polar surface area (TPSA) is 59.9 Å². The molecule has 1 aromatic rings. The maximum atomic E-state index is 13.3. The Bertz CT molecular complexity index is 653. The number of rotatable bonds is 5. The van der Waals surface area contributed by atoms with Crippen LogP contribution >= 0.6 is 0 Å². The lowest BCUT2D eigenvalue weighted by molar-refractivity contribution is 0.0175. The Morgan fingerprint density at radius 3 is 2.44 bits per heavy atom. The predicted octanol–water partition coefficient (Wildman–Crippen LogP) is 3.45. The Kier molecular flexibility index (Phi) is 6.14. The number of alkyl halides is 2. The van der Waals surface area contributed by atoms with Gasteiger partial charge in [-0.05, 0) is 19.1 Å². The largest absolute Gasteiger partial charge is 0.511 e. The van der Waals surface area contributed by atoms with E-state index >= 15 is 0 Å². The number of allylic oxidation sites excluding steroid dienone is 1. The van der Waals surface area contributed by atoms with Gasteiger partial charge < -0.3 is 20.6 Å². The summed E-state index contributed by atoms with van der Waals surface area (Å²) < 4.78 is 26.6. The minimum atomic E-state index is -2.87. The maximum Gasteiger partial charge on any atom is 0.270 e. The molecule has 2 rings (SSSR count). The zero-order valence-electron chi connectivity index (χ0n) is 14.5. The molecule has 0 amide bonds. The van der Waals surface area contributed by atoms with Gasteiger partial charge in [0, 0.05) is 44.4 Å². The molecular weight excluding hydrogens is 326 g/mol. The van der Waals surface area contributed by atoms with Gasteiger partial charge >= 0.3 is 0 Å². The number of amidine groups is 1. The molecule has 1 saturated heterocycles. The number of hydrogen-bond donors (Lipinski definition) is 3. The van der Waals surface area contributed by atoms with Crippen LogP contribution in [0.3, 0.4) is 0 Å². The minimum absolute atomic E-state index is 0.0431. The molecule has 0 aromatic heterocycles. The Hall–Kier alpha value is -2.41. The third-order valence-electron chi connectivity index (χ3n) is 3.75. The number of piperazine rings is 1. The SMILES string of the molecule is C=C(Nc1ccc(C(C)(F)F)cc1)C(=N/C=C(\C)O)N1CCNCC1. The molecule has 0 atom stereocenters. The highest BCUT2D eigenvalue weighted by atomic mass is 19.3. The summed E-state index contributed by atoms with van der Waals surface area (Å²) in [4.78, 5) is 6.38. The molecule has 0 radical (unpaired) electrons. The van der Waals surface area contributed by atoms with Crippen molar-refractivity contribution in [3.8, 4) is 0 Å². The third-order valence-corrected chi connectivity index (χ3v) is 3.75. The van der Waals surface area contributed by atoms with Gasteiger partial charge in [0.15, 0.2) is 5.84 Å². The van der Waals surface area contributed by atoms with Crippen molar-refractivity contribution in [1.29, 1.82) is 0 Å². The van der Waals surface area contributed by atoms with Crippen molar-refractivity contribution in [2.24, 2.45) is 4.99 Å². The van der Waals surface area contributed by atoms with Crippen LogP contribution in [0.4, 0.5) is 14.5 Å². The number of aliphatic hydroxyl groups is 1. The van der Waals surface area contributed by atoms with Crippen LogP contribution < -0.4 is 10.6 Å². The molecule has 1 aromatic carbocycles. The van der Waals surface area contributed by atoms with Gasteiger partial charge in [0.25, 0.3) is 5.92 Å². The Morgan fingerprint density at radius 2 is 1.92 bits per heavy atom. The first kappa shape index (κ1) is 18.9. The molecule has 1 heterocycles. The van der Waals surface area contributed by atoms with E-state index < -0.39 is 5.92 Å². The molecular formula is C18H24F2N4O. The zero-order chi connectivity index (χ0) is 18.4. The number of nitrogens with zero attached hydrogens (tertiary/aromatic N) is 2. The molecule has 0 saturated carbocycles. The average molecular weight is 350 g/mol. The van der Waals surface area contributed by atoms with Gasteiger partial charge in [-0.3, -0.25) is 0 Å². The predicted molar refractivity (Wildman–Crippen MR) is 97.0 cm³/mol. The average Bonchev–Trinajstić information content (AvgIpc) is 2.55. The van der Waals surface area contributed by atoms with E-state index in [0.717, 1.165) is 33.1 Å². The van der Waals surface area contributed by atoms with Crippen LogP contribution in [0.25, 0.3) is 0 Å². The first-order chi connectivity index (χ1) is 11.8. The van der Waals surface area contributed by atoms with Gasteiger partial charge in [-0.15, -0.1) is 0 Å². The standard InChI is InChI=1S/C18H24F2N4O/c1-13(25)12-22-17(24-10-8-21-9-11-24)14(2)23-16-6-4-15(5-7-16)18(3,19)20/h4-7,12,21,23,25H,2,8-11H2,1,3H3/b13-12+,22-17?. The first-order valence-electron chi connectivity index (χ1n) is 8.11. The van der Waals surface area contributed by atoms with Crippen LogP contribution in [0, 0.1) is 0 Å². The van der Waals surface area contributed by atoms with Crippen LogP contribution in [0.2, 0.25) is 0 Å². The van der Waals surface area contributed by atoms with E-state index in [0.29, 0.717) is 17.2 Å². The molecule has 0 unspecified atom stereocenters. The Labute approximate surface area is 146 Å². The normalized spacial score (nSPS) is 16.7. The summed E-state index contributed by atoms with van der Waals surface area (Å²) in [6, 6.07) is 5.94. The Balaban J connectivity index is 2.16. The van der Waals surface area contributed by atoms with E-state index in [9.17, 15) is 13.9 Å². The maximum absolute atomic E-state index is 13.3. The second-order valence-corrected chi connectivity index (χ2v) is 6.03. The molecule has 3 N–H and O–H groups in total. The molecule has 7 heteroatoms. The summed E-state index contributed by atoms with van der Waals surface area (Å²) >= 11 is 0. The first-order valence-corrected chi connectivity index (χ1v) is 8.11. The second-order valence-electron chi connectivity index (χ2n) is 6.03. The second kappa shape index (κ2) is 8.11. The molecule has 1 aliphatic heterocycles. The lowest BCUT2D eigenvalue weighted by Gasteiger charge is -2.31. The molecule has 0 aliphatic carbocycles.